The average Bonchev–Trinajstić information content (AvgIpc) is 2.79. The Morgan fingerprint density at radius 3 is 2.80 bits per heavy atom. The molecule has 0 aliphatic carbocycles. The van der Waals surface area contributed by atoms with E-state index in [9.17, 15) is 0 Å². The zero-order valence-corrected chi connectivity index (χ0v) is 8.97. The van der Waals surface area contributed by atoms with Crippen LogP contribution in [0.1, 0.15) is 23.2 Å². The van der Waals surface area contributed by atoms with Crippen molar-refractivity contribution in [2.75, 3.05) is 6.54 Å². The van der Waals surface area contributed by atoms with E-state index in [1.807, 2.05) is 36.7 Å². The van der Waals surface area contributed by atoms with Crippen LogP contribution in [0.2, 0.25) is 0 Å². The predicted octanol–water partition coefficient (Wildman–Crippen LogP) is 1.64. The van der Waals surface area contributed by atoms with E-state index in [-0.39, 0.29) is 6.04 Å². The Morgan fingerprint density at radius 1 is 1.53 bits per heavy atom. The molecule has 0 radical (unpaired) electrons. The molecule has 0 aliphatic rings. The third kappa shape index (κ3) is 1.80. The number of furan rings is 1. The molecule has 2 aromatic heterocycles. The highest BCUT2D eigenvalue weighted by Gasteiger charge is 2.17. The maximum atomic E-state index is 5.75. The van der Waals surface area contributed by atoms with Crippen molar-refractivity contribution in [2.24, 2.45) is 5.73 Å². The molecule has 1 atom stereocenters. The van der Waals surface area contributed by atoms with Crippen LogP contribution < -0.4 is 5.73 Å². The van der Waals surface area contributed by atoms with Crippen molar-refractivity contribution < 1.29 is 4.42 Å². The number of hydrogen-bond donors (Lipinski definition) is 1. The lowest BCUT2D eigenvalue weighted by Gasteiger charge is -2.14. The van der Waals surface area contributed by atoms with Crippen molar-refractivity contribution in [3.63, 3.8) is 0 Å². The molecule has 4 heteroatoms. The minimum Gasteiger partial charge on any atom is -0.467 e. The number of nitrogens with zero attached hydrogens (tertiary/aromatic N) is 2. The lowest BCUT2D eigenvalue weighted by atomic mass is 10.2. The Morgan fingerprint density at radius 2 is 2.33 bits per heavy atom. The van der Waals surface area contributed by atoms with Crippen LogP contribution >= 0.6 is 0 Å². The number of aryl methyl sites for hydroxylation is 2. The predicted molar refractivity (Wildman–Crippen MR) is 57.6 cm³/mol. The molecule has 2 heterocycles. The number of hydrogen-bond acceptors (Lipinski definition) is 3. The Bertz CT molecular complexity index is 431. The van der Waals surface area contributed by atoms with Gasteiger partial charge in [0.1, 0.15) is 11.8 Å². The van der Waals surface area contributed by atoms with Gasteiger partial charge >= 0.3 is 0 Å². The molecule has 80 valence electrons. The van der Waals surface area contributed by atoms with E-state index < -0.39 is 0 Å². The summed E-state index contributed by atoms with van der Waals surface area (Å²) < 4.78 is 7.28. The monoisotopic (exact) mass is 205 g/mol. The number of rotatable bonds is 3. The normalized spacial score (nSPS) is 13.0. The van der Waals surface area contributed by atoms with E-state index in [2.05, 4.69) is 5.10 Å². The molecular formula is C11H15N3O. The molecule has 0 amide bonds. The second-order valence-electron chi connectivity index (χ2n) is 3.64. The zero-order chi connectivity index (χ0) is 10.8. The smallest absolute Gasteiger partial charge is 0.129 e. The molecule has 0 saturated carbocycles. The Balaban J connectivity index is 2.39. The van der Waals surface area contributed by atoms with Gasteiger partial charge in [-0.2, -0.15) is 5.10 Å². The third-order valence-electron chi connectivity index (χ3n) is 2.43. The van der Waals surface area contributed by atoms with Crippen LogP contribution in [0.5, 0.6) is 0 Å². The van der Waals surface area contributed by atoms with Gasteiger partial charge in [0.25, 0.3) is 0 Å². The second-order valence-corrected chi connectivity index (χ2v) is 3.64. The lowest BCUT2D eigenvalue weighted by molar-refractivity contribution is 0.405. The number of aromatic nitrogens is 2. The van der Waals surface area contributed by atoms with Crippen LogP contribution in [0.25, 0.3) is 0 Å². The molecule has 2 rings (SSSR count). The molecule has 0 aliphatic heterocycles. The van der Waals surface area contributed by atoms with Crippen LogP contribution in [-0.2, 0) is 0 Å². The lowest BCUT2D eigenvalue weighted by Crippen LogP contribution is -2.22. The summed E-state index contributed by atoms with van der Waals surface area (Å²) >= 11 is 0. The molecule has 0 bridgehead atoms. The van der Waals surface area contributed by atoms with Crippen LogP contribution in [0.4, 0.5) is 0 Å². The summed E-state index contributed by atoms with van der Waals surface area (Å²) in [6.45, 7) is 4.47. The van der Waals surface area contributed by atoms with Gasteiger partial charge in [-0.15, -0.1) is 0 Å². The molecule has 0 fully saturated rings. The van der Waals surface area contributed by atoms with Gasteiger partial charge in [0.15, 0.2) is 0 Å². The SMILES string of the molecule is Cc1cc(C)n(C(CN)c2ccco2)n1. The first-order chi connectivity index (χ1) is 7.22. The van der Waals surface area contributed by atoms with Crippen molar-refractivity contribution in [2.45, 2.75) is 19.9 Å². The fourth-order valence-corrected chi connectivity index (χ4v) is 1.78. The van der Waals surface area contributed by atoms with Gasteiger partial charge in [0.2, 0.25) is 0 Å². The minimum atomic E-state index is -0.00583. The minimum absolute atomic E-state index is 0.00583. The molecular weight excluding hydrogens is 190 g/mol. The summed E-state index contributed by atoms with van der Waals surface area (Å²) in [4.78, 5) is 0. The fourth-order valence-electron chi connectivity index (χ4n) is 1.78. The Hall–Kier alpha value is -1.55. The first kappa shape index (κ1) is 9.98. The van der Waals surface area contributed by atoms with Crippen molar-refractivity contribution in [3.05, 3.63) is 41.6 Å². The first-order valence-electron chi connectivity index (χ1n) is 4.98. The van der Waals surface area contributed by atoms with Gasteiger partial charge in [-0.25, -0.2) is 0 Å². The number of nitrogens with two attached hydrogens (primary N) is 1. The van der Waals surface area contributed by atoms with Gasteiger partial charge in [-0.3, -0.25) is 4.68 Å². The molecule has 2 N–H and O–H groups in total. The summed E-state index contributed by atoms with van der Waals surface area (Å²) in [5.74, 6) is 0.851. The Kier molecular flexibility index (Phi) is 2.60. The molecule has 0 aromatic carbocycles. The van der Waals surface area contributed by atoms with Gasteiger partial charge < -0.3 is 10.2 Å². The van der Waals surface area contributed by atoms with Gasteiger partial charge in [-0.1, -0.05) is 0 Å². The van der Waals surface area contributed by atoms with E-state index in [1.54, 1.807) is 6.26 Å². The van der Waals surface area contributed by atoms with Crippen LogP contribution in [0.15, 0.2) is 28.9 Å². The molecule has 2 aromatic rings. The van der Waals surface area contributed by atoms with Crippen LogP contribution in [-0.4, -0.2) is 16.3 Å². The van der Waals surface area contributed by atoms with Gasteiger partial charge in [0.05, 0.1) is 12.0 Å². The Labute approximate surface area is 88.7 Å². The highest BCUT2D eigenvalue weighted by Crippen LogP contribution is 2.19. The maximum absolute atomic E-state index is 5.75. The van der Waals surface area contributed by atoms with E-state index in [1.165, 1.54) is 0 Å². The first-order valence-corrected chi connectivity index (χ1v) is 4.98. The van der Waals surface area contributed by atoms with Crippen molar-refractivity contribution >= 4 is 0 Å². The van der Waals surface area contributed by atoms with Gasteiger partial charge in [0, 0.05) is 12.2 Å². The van der Waals surface area contributed by atoms with Crippen LogP contribution in [0.3, 0.4) is 0 Å². The fraction of sp³-hybridized carbons (Fsp3) is 0.364. The third-order valence-corrected chi connectivity index (χ3v) is 2.43. The van der Waals surface area contributed by atoms with E-state index in [0.717, 1.165) is 17.1 Å². The zero-order valence-electron chi connectivity index (χ0n) is 8.97. The molecule has 15 heavy (non-hydrogen) atoms. The second kappa shape index (κ2) is 3.90. The maximum Gasteiger partial charge on any atom is 0.129 e. The summed E-state index contributed by atoms with van der Waals surface area (Å²) in [7, 11) is 0. The molecule has 0 saturated heterocycles. The highest BCUT2D eigenvalue weighted by atomic mass is 16.3. The summed E-state index contributed by atoms with van der Waals surface area (Å²) in [5, 5.41) is 4.41. The van der Waals surface area contributed by atoms with Crippen molar-refractivity contribution in [1.82, 2.24) is 9.78 Å². The van der Waals surface area contributed by atoms with E-state index in [4.69, 9.17) is 10.2 Å². The highest BCUT2D eigenvalue weighted by molar-refractivity contribution is 5.13. The standard InChI is InChI=1S/C11H15N3O/c1-8-6-9(2)14(13-8)10(7-12)11-4-3-5-15-11/h3-6,10H,7,12H2,1-2H3. The summed E-state index contributed by atoms with van der Waals surface area (Å²) in [6, 6.07) is 5.82. The van der Waals surface area contributed by atoms with Gasteiger partial charge in [-0.05, 0) is 32.0 Å². The van der Waals surface area contributed by atoms with Crippen molar-refractivity contribution in [3.8, 4) is 0 Å². The van der Waals surface area contributed by atoms with E-state index in [0.29, 0.717) is 6.54 Å². The topological polar surface area (TPSA) is 57.0 Å². The molecule has 1 unspecified atom stereocenters. The summed E-state index contributed by atoms with van der Waals surface area (Å²) in [5.41, 5.74) is 7.85. The van der Waals surface area contributed by atoms with Crippen LogP contribution in [0, 0.1) is 13.8 Å². The molecule has 0 spiro atoms. The molecule has 4 nitrogen and oxygen atoms in total. The van der Waals surface area contributed by atoms with Crippen molar-refractivity contribution in [1.29, 1.82) is 0 Å². The quantitative estimate of drug-likeness (QED) is 0.828. The largest absolute Gasteiger partial charge is 0.467 e. The summed E-state index contributed by atoms with van der Waals surface area (Å²) in [6.07, 6.45) is 1.66. The van der Waals surface area contributed by atoms with E-state index >= 15 is 0 Å². The average molecular weight is 205 g/mol.